The van der Waals surface area contributed by atoms with Gasteiger partial charge in [-0.25, -0.2) is 0 Å². The Bertz CT molecular complexity index is 940. The van der Waals surface area contributed by atoms with Crippen molar-refractivity contribution in [1.29, 1.82) is 0 Å². The molecule has 0 atom stereocenters. The van der Waals surface area contributed by atoms with E-state index in [1.807, 2.05) is 22.4 Å². The van der Waals surface area contributed by atoms with Crippen LogP contribution in [0.4, 0.5) is 0 Å². The third-order valence-corrected chi connectivity index (χ3v) is 5.76. The van der Waals surface area contributed by atoms with Crippen LogP contribution in [0.3, 0.4) is 0 Å². The van der Waals surface area contributed by atoms with Crippen LogP contribution in [0.15, 0.2) is 35.7 Å². The predicted octanol–water partition coefficient (Wildman–Crippen LogP) is 4.09. The van der Waals surface area contributed by atoms with E-state index in [9.17, 15) is 9.59 Å². The van der Waals surface area contributed by atoms with E-state index in [0.717, 1.165) is 16.8 Å². The molecule has 0 saturated heterocycles. The Hall–Kier alpha value is -2.40. The molecule has 2 aromatic heterocycles. The summed E-state index contributed by atoms with van der Waals surface area (Å²) in [5, 5.41) is 3.10. The number of ketones is 1. The van der Waals surface area contributed by atoms with Crippen molar-refractivity contribution in [2.75, 3.05) is 6.54 Å². The lowest BCUT2D eigenvalue weighted by Gasteiger charge is -2.27. The second kappa shape index (κ2) is 6.48. The molecular weight excluding hydrogens is 332 g/mol. The highest BCUT2D eigenvalue weighted by Gasteiger charge is 2.24. The highest BCUT2D eigenvalue weighted by atomic mass is 32.1. The van der Waals surface area contributed by atoms with Crippen LogP contribution in [0.5, 0.6) is 0 Å². The molecule has 1 aliphatic rings. The van der Waals surface area contributed by atoms with Gasteiger partial charge >= 0.3 is 0 Å². The molecule has 0 radical (unpaired) electrons. The van der Waals surface area contributed by atoms with Gasteiger partial charge in [0, 0.05) is 54.5 Å². The van der Waals surface area contributed by atoms with Crippen LogP contribution in [0.25, 0.3) is 10.9 Å². The summed E-state index contributed by atoms with van der Waals surface area (Å²) in [6.45, 7) is 3.43. The fourth-order valence-electron chi connectivity index (χ4n) is 3.48. The van der Waals surface area contributed by atoms with Gasteiger partial charge in [-0.15, -0.1) is 11.3 Å². The number of hydrogen-bond donors (Lipinski definition) is 1. The molecule has 0 saturated carbocycles. The van der Waals surface area contributed by atoms with Crippen LogP contribution in [0.1, 0.15) is 39.3 Å². The van der Waals surface area contributed by atoms with E-state index >= 15 is 0 Å². The molecule has 0 aliphatic carbocycles. The molecule has 0 bridgehead atoms. The van der Waals surface area contributed by atoms with Crippen molar-refractivity contribution >= 4 is 33.9 Å². The smallest absolute Gasteiger partial charge is 0.223 e. The summed E-state index contributed by atoms with van der Waals surface area (Å²) in [5.41, 5.74) is 4.82. The number of H-pyrrole nitrogens is 1. The van der Waals surface area contributed by atoms with Crippen LogP contribution in [0.2, 0.25) is 0 Å². The monoisotopic (exact) mass is 352 g/mol. The molecule has 25 heavy (non-hydrogen) atoms. The normalized spacial score (nSPS) is 13.9. The number of aromatic nitrogens is 1. The number of aromatic amines is 1. The van der Waals surface area contributed by atoms with E-state index in [1.54, 1.807) is 0 Å². The molecule has 0 unspecified atom stereocenters. The molecule has 3 aromatic rings. The van der Waals surface area contributed by atoms with Crippen molar-refractivity contribution in [2.45, 2.75) is 32.7 Å². The molecule has 4 nitrogen and oxygen atoms in total. The molecule has 5 heteroatoms. The zero-order valence-corrected chi connectivity index (χ0v) is 15.0. The van der Waals surface area contributed by atoms with E-state index in [2.05, 4.69) is 30.1 Å². The molecule has 1 N–H and O–H groups in total. The zero-order valence-electron chi connectivity index (χ0n) is 14.2. The van der Waals surface area contributed by atoms with Crippen LogP contribution >= 0.6 is 11.3 Å². The van der Waals surface area contributed by atoms with Gasteiger partial charge in [-0.1, -0.05) is 17.7 Å². The lowest BCUT2D eigenvalue weighted by molar-refractivity contribution is -0.132. The second-order valence-electron chi connectivity index (χ2n) is 6.60. The lowest BCUT2D eigenvalue weighted by atomic mass is 10.0. The van der Waals surface area contributed by atoms with Gasteiger partial charge in [-0.05, 0) is 30.5 Å². The molecule has 3 heterocycles. The Morgan fingerprint density at radius 2 is 2.12 bits per heavy atom. The highest BCUT2D eigenvalue weighted by Crippen LogP contribution is 2.29. The number of carbonyl (C=O) groups excluding carboxylic acids is 2. The molecule has 0 fully saturated rings. The Balaban J connectivity index is 1.46. The van der Waals surface area contributed by atoms with Crippen LogP contribution in [-0.2, 0) is 17.8 Å². The predicted molar refractivity (Wildman–Crippen MR) is 100 cm³/mol. The van der Waals surface area contributed by atoms with Gasteiger partial charge in [-0.2, -0.15) is 0 Å². The molecule has 1 aromatic carbocycles. The SMILES string of the molecule is Cc1ccc2[nH]c3c(c2c1)CN(C(=O)CCC(=O)c1cccs1)CC3. The van der Waals surface area contributed by atoms with Crippen molar-refractivity contribution in [3.8, 4) is 0 Å². The second-order valence-corrected chi connectivity index (χ2v) is 7.54. The van der Waals surface area contributed by atoms with Gasteiger partial charge in [0.05, 0.1) is 4.88 Å². The van der Waals surface area contributed by atoms with Crippen LogP contribution in [-0.4, -0.2) is 28.1 Å². The molecule has 1 amide bonds. The van der Waals surface area contributed by atoms with Crippen LogP contribution in [0, 0.1) is 6.92 Å². The van der Waals surface area contributed by atoms with Gasteiger partial charge in [-0.3, -0.25) is 9.59 Å². The lowest BCUT2D eigenvalue weighted by Crippen LogP contribution is -2.35. The minimum Gasteiger partial charge on any atom is -0.358 e. The largest absolute Gasteiger partial charge is 0.358 e. The summed E-state index contributed by atoms with van der Waals surface area (Å²) >= 11 is 1.43. The number of thiophene rings is 1. The third-order valence-electron chi connectivity index (χ3n) is 4.85. The topological polar surface area (TPSA) is 53.2 Å². The van der Waals surface area contributed by atoms with Gasteiger partial charge < -0.3 is 9.88 Å². The van der Waals surface area contributed by atoms with Gasteiger partial charge in [0.15, 0.2) is 5.78 Å². The number of benzene rings is 1. The van der Waals surface area contributed by atoms with E-state index < -0.39 is 0 Å². The van der Waals surface area contributed by atoms with Crippen molar-refractivity contribution in [3.63, 3.8) is 0 Å². The number of nitrogens with zero attached hydrogens (tertiary/aromatic N) is 1. The first-order chi connectivity index (χ1) is 12.1. The van der Waals surface area contributed by atoms with Crippen molar-refractivity contribution in [3.05, 3.63) is 57.4 Å². The number of hydrogen-bond acceptors (Lipinski definition) is 3. The van der Waals surface area contributed by atoms with Crippen molar-refractivity contribution in [2.24, 2.45) is 0 Å². The number of amides is 1. The molecular formula is C20H20N2O2S. The first-order valence-electron chi connectivity index (χ1n) is 8.56. The minimum atomic E-state index is 0.0590. The average Bonchev–Trinajstić information content (AvgIpc) is 3.26. The number of fused-ring (bicyclic) bond motifs is 3. The first-order valence-corrected chi connectivity index (χ1v) is 9.44. The maximum Gasteiger partial charge on any atom is 0.223 e. The molecule has 128 valence electrons. The summed E-state index contributed by atoms with van der Waals surface area (Å²) in [5.74, 6) is 0.126. The standard InChI is InChI=1S/C20H20N2O2S/c1-13-4-5-16-14(11-13)15-12-22(9-8-17(15)21-16)20(24)7-6-18(23)19-3-2-10-25-19/h2-5,10-11,21H,6-9,12H2,1H3. The van der Waals surface area contributed by atoms with E-state index in [4.69, 9.17) is 0 Å². The molecule has 0 spiro atoms. The summed E-state index contributed by atoms with van der Waals surface area (Å²) in [7, 11) is 0. The Labute approximate surface area is 150 Å². The van der Waals surface area contributed by atoms with E-state index in [1.165, 1.54) is 33.5 Å². The number of Topliss-reactive ketones (excluding diaryl/α,β-unsaturated/α-hetero) is 1. The van der Waals surface area contributed by atoms with Crippen molar-refractivity contribution < 1.29 is 9.59 Å². The van der Waals surface area contributed by atoms with E-state index in [-0.39, 0.29) is 24.5 Å². The maximum atomic E-state index is 12.6. The Morgan fingerprint density at radius 1 is 1.24 bits per heavy atom. The summed E-state index contributed by atoms with van der Waals surface area (Å²) in [4.78, 5) is 30.8. The fraction of sp³-hybridized carbons (Fsp3) is 0.300. The Morgan fingerprint density at radius 3 is 2.92 bits per heavy atom. The highest BCUT2D eigenvalue weighted by molar-refractivity contribution is 7.12. The molecule has 1 aliphatic heterocycles. The summed E-state index contributed by atoms with van der Waals surface area (Å²) in [6.07, 6.45) is 1.41. The van der Waals surface area contributed by atoms with Gasteiger partial charge in [0.1, 0.15) is 0 Å². The van der Waals surface area contributed by atoms with Crippen LogP contribution < -0.4 is 0 Å². The third kappa shape index (κ3) is 3.12. The zero-order chi connectivity index (χ0) is 17.4. The quantitative estimate of drug-likeness (QED) is 0.719. The average molecular weight is 352 g/mol. The summed E-state index contributed by atoms with van der Waals surface area (Å²) < 4.78 is 0. The minimum absolute atomic E-state index is 0.0590. The van der Waals surface area contributed by atoms with Gasteiger partial charge in [0.2, 0.25) is 5.91 Å². The fourth-order valence-corrected chi connectivity index (χ4v) is 4.17. The first kappa shape index (κ1) is 16.1. The number of carbonyl (C=O) groups is 2. The molecule has 4 rings (SSSR count). The van der Waals surface area contributed by atoms with Gasteiger partial charge in [0.25, 0.3) is 0 Å². The number of aryl methyl sites for hydroxylation is 1. The summed E-state index contributed by atoms with van der Waals surface area (Å²) in [6, 6.07) is 10.1. The maximum absolute atomic E-state index is 12.6. The Kier molecular flexibility index (Phi) is 4.17. The van der Waals surface area contributed by atoms with Crippen molar-refractivity contribution in [1.82, 2.24) is 9.88 Å². The number of rotatable bonds is 4. The number of nitrogens with one attached hydrogen (secondary N) is 1. The van der Waals surface area contributed by atoms with E-state index in [0.29, 0.717) is 13.1 Å².